The Balaban J connectivity index is 2.66. The van der Waals surface area contributed by atoms with Crippen molar-refractivity contribution in [1.29, 1.82) is 0 Å². The Morgan fingerprint density at radius 1 is 0.978 bits per heavy atom. The number of esters is 4. The Morgan fingerprint density at radius 3 is 2.09 bits per heavy atom. The van der Waals surface area contributed by atoms with E-state index in [1.165, 1.54) is 0 Å². The fraction of sp³-hybridized carbons (Fsp3) is 0.800. The molecule has 1 amide bonds. The van der Waals surface area contributed by atoms with Gasteiger partial charge in [0.2, 0.25) is 0 Å². The van der Waals surface area contributed by atoms with E-state index < -0.39 is 105 Å². The predicted octanol–water partition coefficient (Wildman–Crippen LogP) is 2.96. The zero-order valence-electron chi connectivity index (χ0n) is 24.9. The second-order valence-corrected chi connectivity index (χ2v) is 12.0. The van der Waals surface area contributed by atoms with Crippen molar-refractivity contribution in [3.63, 3.8) is 0 Å². The highest BCUT2D eigenvalue weighted by Gasteiger charge is 2.63. The van der Waals surface area contributed by atoms with Crippen molar-refractivity contribution in [1.82, 2.24) is 5.32 Å². The lowest BCUT2D eigenvalue weighted by Crippen LogP contribution is -2.66. The van der Waals surface area contributed by atoms with Crippen LogP contribution in [0.25, 0.3) is 0 Å². The van der Waals surface area contributed by atoms with Gasteiger partial charge in [-0.05, 0) is 12.8 Å². The summed E-state index contributed by atoms with van der Waals surface area (Å²) < 4.78 is 62.8. The molecule has 6 atom stereocenters. The number of phosphoric acid groups is 1. The third-order valence-electron chi connectivity index (χ3n) is 6.32. The molecule has 45 heavy (non-hydrogen) atoms. The third kappa shape index (κ3) is 11.4. The largest absolute Gasteiger partial charge is 0.477 e. The molecular formula is C25H37Cl3NO15P. The summed E-state index contributed by atoms with van der Waals surface area (Å²) in [6, 6.07) is -1.21. The molecule has 2 heterocycles. The minimum Gasteiger partial charge on any atom is -0.465 e. The van der Waals surface area contributed by atoms with E-state index in [1.54, 1.807) is 0 Å². The Hall–Kier alpha value is -1.91. The first-order valence-corrected chi connectivity index (χ1v) is 17.0. The van der Waals surface area contributed by atoms with Crippen LogP contribution < -0.4 is 5.32 Å². The lowest BCUT2D eigenvalue weighted by molar-refractivity contribution is -0.286. The van der Waals surface area contributed by atoms with Gasteiger partial charge >= 0.3 is 37.8 Å². The molecule has 0 aliphatic carbocycles. The van der Waals surface area contributed by atoms with Crippen LogP contribution in [0.15, 0.2) is 0 Å². The van der Waals surface area contributed by atoms with E-state index in [2.05, 4.69) is 5.32 Å². The molecule has 0 saturated carbocycles. The fourth-order valence-electron chi connectivity index (χ4n) is 4.26. The Bertz CT molecular complexity index is 1070. The van der Waals surface area contributed by atoms with Gasteiger partial charge in [-0.2, -0.15) is 0 Å². The number of ether oxygens (including phenoxy) is 6. The summed E-state index contributed by atoms with van der Waals surface area (Å²) in [6.07, 6.45) is -5.79. The minimum atomic E-state index is -4.60. The van der Waals surface area contributed by atoms with Crippen molar-refractivity contribution in [3.8, 4) is 0 Å². The summed E-state index contributed by atoms with van der Waals surface area (Å²) in [5, 5.41) is 2.47. The van der Waals surface area contributed by atoms with Crippen molar-refractivity contribution in [3.05, 3.63) is 0 Å². The first-order chi connectivity index (χ1) is 21.4. The number of nitrogens with one attached hydrogen (secondary N) is 1. The van der Waals surface area contributed by atoms with Crippen LogP contribution in [-0.2, 0) is 65.7 Å². The van der Waals surface area contributed by atoms with Crippen LogP contribution in [-0.4, -0.2) is 111 Å². The first-order valence-electron chi connectivity index (χ1n) is 14.0. The van der Waals surface area contributed by atoms with Crippen LogP contribution in [0.4, 0.5) is 4.79 Å². The third-order valence-corrected chi connectivity index (χ3v) is 8.49. The van der Waals surface area contributed by atoms with E-state index >= 15 is 0 Å². The number of fused-ring (bicyclic) bond motifs is 1. The van der Waals surface area contributed by atoms with Crippen molar-refractivity contribution in [2.45, 2.75) is 82.2 Å². The quantitative estimate of drug-likeness (QED) is 0.0631. The minimum absolute atomic E-state index is 0.0818. The molecule has 0 aromatic carbocycles. The van der Waals surface area contributed by atoms with Gasteiger partial charge in [0.05, 0.1) is 32.8 Å². The smallest absolute Gasteiger partial charge is 0.465 e. The fourth-order valence-corrected chi connectivity index (χ4v) is 5.90. The molecule has 1 N–H and O–H groups in total. The maximum Gasteiger partial charge on any atom is 0.477 e. The Kier molecular flexibility index (Phi) is 16.6. The highest BCUT2D eigenvalue weighted by atomic mass is 35.5. The maximum atomic E-state index is 13.9. The zero-order chi connectivity index (χ0) is 33.6. The molecule has 2 saturated heterocycles. The molecule has 0 aromatic heterocycles. The van der Waals surface area contributed by atoms with E-state index in [4.69, 9.17) is 76.8 Å². The lowest BCUT2D eigenvalue weighted by Gasteiger charge is -2.46. The second kappa shape index (κ2) is 19.0. The van der Waals surface area contributed by atoms with Crippen LogP contribution in [0.3, 0.4) is 0 Å². The van der Waals surface area contributed by atoms with E-state index in [0.29, 0.717) is 25.7 Å². The molecule has 258 valence electrons. The van der Waals surface area contributed by atoms with Crippen molar-refractivity contribution < 1.29 is 70.5 Å². The molecule has 0 radical (unpaired) electrons. The van der Waals surface area contributed by atoms with Crippen molar-refractivity contribution in [2.24, 2.45) is 0 Å². The number of alkyl halides is 3. The number of amides is 1. The summed E-state index contributed by atoms with van der Waals surface area (Å²) in [5.41, 5.74) is 0. The molecule has 2 fully saturated rings. The molecule has 0 spiro atoms. The van der Waals surface area contributed by atoms with Gasteiger partial charge in [0.1, 0.15) is 36.5 Å². The van der Waals surface area contributed by atoms with E-state index in [-0.39, 0.29) is 13.2 Å². The summed E-state index contributed by atoms with van der Waals surface area (Å²) in [7, 11) is -3.62. The second-order valence-electron chi connectivity index (χ2n) is 9.62. The van der Waals surface area contributed by atoms with Gasteiger partial charge in [-0.3, -0.25) is 23.4 Å². The van der Waals surface area contributed by atoms with Gasteiger partial charge in [-0.1, -0.05) is 26.7 Å². The van der Waals surface area contributed by atoms with E-state index in [9.17, 15) is 28.5 Å². The highest BCUT2D eigenvalue weighted by molar-refractivity contribution is 7.48. The van der Waals surface area contributed by atoms with E-state index in [0.717, 1.165) is 7.11 Å². The van der Waals surface area contributed by atoms with Crippen LogP contribution >= 0.6 is 42.6 Å². The maximum absolute atomic E-state index is 13.9. The van der Waals surface area contributed by atoms with Crippen molar-refractivity contribution in [2.75, 3.05) is 44.6 Å². The Morgan fingerprint density at radius 2 is 1.56 bits per heavy atom. The van der Waals surface area contributed by atoms with Gasteiger partial charge in [-0.15, -0.1) is 34.8 Å². The average Bonchev–Trinajstić information content (AvgIpc) is 3.40. The molecule has 0 bridgehead atoms. The standard InChI is InChI=1S/C25H37Cl3NO15P/c1-4-6-8-38-45(35,39-9-7-5-2)44-25(23(33)36-3)10-15-20(29-24(34)41-15)22(43-25)21(42-19(32)13-28)16(40-18(31)12-27)14-37-17(30)11-26/h15-16,20-22H,4-14H2,1-3H3,(H,29,34)/t15-,16+,20+,21+,22+,25-/m0/s1. The number of carbonyl (C=O) groups excluding carboxylic acids is 5. The average molecular weight is 729 g/mol. The molecule has 2 aliphatic heterocycles. The van der Waals surface area contributed by atoms with Crippen LogP contribution in [0.5, 0.6) is 0 Å². The molecule has 16 nitrogen and oxygen atoms in total. The summed E-state index contributed by atoms with van der Waals surface area (Å²) in [6.45, 7) is 2.80. The van der Waals surface area contributed by atoms with Crippen LogP contribution in [0.2, 0.25) is 0 Å². The normalized spacial score (nSPS) is 24.0. The number of methoxy groups -OCH3 is 1. The highest BCUT2D eigenvalue weighted by Crippen LogP contribution is 2.56. The van der Waals surface area contributed by atoms with Gasteiger partial charge in [-0.25, -0.2) is 18.7 Å². The predicted molar refractivity (Wildman–Crippen MR) is 155 cm³/mol. The molecule has 2 rings (SSSR count). The number of hydrogen-bond acceptors (Lipinski definition) is 15. The molecule has 20 heteroatoms. The summed E-state index contributed by atoms with van der Waals surface area (Å²) in [4.78, 5) is 62.5. The zero-order valence-corrected chi connectivity index (χ0v) is 28.0. The Labute approximate surface area is 274 Å². The van der Waals surface area contributed by atoms with Gasteiger partial charge < -0.3 is 33.7 Å². The monoisotopic (exact) mass is 727 g/mol. The number of halogens is 3. The molecule has 0 aromatic rings. The molecule has 0 unspecified atom stereocenters. The molecular weight excluding hydrogens is 692 g/mol. The van der Waals surface area contributed by atoms with Crippen LogP contribution in [0, 0.1) is 0 Å². The topological polar surface area (TPSA) is 198 Å². The van der Waals surface area contributed by atoms with Crippen molar-refractivity contribution >= 4 is 72.6 Å². The number of phosphoric ester groups is 1. The van der Waals surface area contributed by atoms with Gasteiger partial charge in [0.25, 0.3) is 5.79 Å². The molecule has 2 aliphatic rings. The number of hydrogen-bond donors (Lipinski definition) is 1. The van der Waals surface area contributed by atoms with Gasteiger partial charge in [0, 0.05) is 0 Å². The van der Waals surface area contributed by atoms with Gasteiger partial charge in [0.15, 0.2) is 12.2 Å². The SMILES string of the molecule is CCCCOP(=O)(OCCCC)O[C@]1(C(=O)OC)C[C@@H]2OC(=O)N[C@H]2[C@H]([C@H](OC(=O)CCl)[C@@H](COC(=O)CCl)OC(=O)CCl)O1. The first kappa shape index (κ1) is 39.3. The summed E-state index contributed by atoms with van der Waals surface area (Å²) >= 11 is 16.8. The summed E-state index contributed by atoms with van der Waals surface area (Å²) in [5.74, 6) is -8.93. The number of carbonyl (C=O) groups is 5. The van der Waals surface area contributed by atoms with E-state index in [1.807, 2.05) is 13.8 Å². The number of rotatable bonds is 20. The lowest BCUT2D eigenvalue weighted by atomic mass is 9.89. The number of unbranched alkanes of at least 4 members (excludes halogenated alkanes) is 2. The number of alkyl carbamates (subject to hydrolysis) is 1. The van der Waals surface area contributed by atoms with Crippen LogP contribution in [0.1, 0.15) is 46.0 Å².